The van der Waals surface area contributed by atoms with Gasteiger partial charge in [-0.15, -0.1) is 0 Å². The number of aliphatic carboxylic acids is 1. The Kier molecular flexibility index (Phi) is 6.51. The molecule has 16 heavy (non-hydrogen) atoms. The fourth-order valence-electron chi connectivity index (χ4n) is 1.09. The molecule has 1 aliphatic heterocycles. The van der Waals surface area contributed by atoms with Gasteiger partial charge in [-0.3, -0.25) is 0 Å². The molecular weight excluding hydrogens is 216 g/mol. The second-order valence-electron chi connectivity index (χ2n) is 4.06. The molecule has 1 fully saturated rings. The van der Waals surface area contributed by atoms with E-state index < -0.39 is 17.9 Å². The van der Waals surface area contributed by atoms with Crippen LogP contribution in [0.25, 0.3) is 0 Å². The van der Waals surface area contributed by atoms with Crippen molar-refractivity contribution >= 4 is 5.97 Å². The largest absolute Gasteiger partial charge is 0.550 e. The highest BCUT2D eigenvalue weighted by Gasteiger charge is 2.31. The third-order valence-corrected chi connectivity index (χ3v) is 1.73. The Hall–Kier alpha value is -0.690. The average Bonchev–Trinajstić information content (AvgIpc) is 2.44. The van der Waals surface area contributed by atoms with E-state index in [-0.39, 0.29) is 19.1 Å². The lowest BCUT2D eigenvalue weighted by molar-refractivity contribution is -0.307. The molecule has 0 saturated carbocycles. The second kappa shape index (κ2) is 6.80. The van der Waals surface area contributed by atoms with Crippen LogP contribution in [0.4, 0.5) is 0 Å². The molecule has 0 bridgehead atoms. The van der Waals surface area contributed by atoms with Crippen molar-refractivity contribution in [2.75, 3.05) is 13.2 Å². The monoisotopic (exact) mass is 235 g/mol. The van der Waals surface area contributed by atoms with Crippen LogP contribution in [0.1, 0.15) is 27.2 Å². The molecule has 0 aromatic rings. The molecule has 1 heterocycles. The first-order chi connectivity index (χ1) is 7.26. The minimum absolute atomic E-state index is 0.0451. The molecule has 2 unspecified atom stereocenters. The minimum atomic E-state index is -1.21. The smallest absolute Gasteiger partial charge is 0.163 e. The number of carbonyl (C=O) groups is 1. The number of hydrogen-bond acceptors (Lipinski definition) is 6. The van der Waals surface area contributed by atoms with Crippen molar-refractivity contribution in [3.05, 3.63) is 0 Å². The molecule has 1 saturated heterocycles. The zero-order valence-corrected chi connectivity index (χ0v) is 9.80. The maximum atomic E-state index is 9.54. The lowest BCUT2D eigenvalue weighted by Crippen LogP contribution is -2.25. The summed E-state index contributed by atoms with van der Waals surface area (Å²) in [6.07, 6.45) is -1.19. The lowest BCUT2D eigenvalue weighted by atomic mass is 10.3. The fourth-order valence-corrected chi connectivity index (χ4v) is 1.09. The van der Waals surface area contributed by atoms with E-state index in [1.807, 2.05) is 13.8 Å². The van der Waals surface area contributed by atoms with Gasteiger partial charge in [0.05, 0.1) is 19.3 Å². The van der Waals surface area contributed by atoms with Crippen LogP contribution in [0.5, 0.6) is 0 Å². The molecular formula is C10H19O6-. The minimum Gasteiger partial charge on any atom is -0.550 e. The van der Waals surface area contributed by atoms with Gasteiger partial charge in [-0.2, -0.15) is 0 Å². The van der Waals surface area contributed by atoms with Crippen LogP contribution in [0.2, 0.25) is 0 Å². The quantitative estimate of drug-likeness (QED) is 0.626. The summed E-state index contributed by atoms with van der Waals surface area (Å²) in [6.45, 7) is 5.62. The first-order valence-electron chi connectivity index (χ1n) is 5.07. The summed E-state index contributed by atoms with van der Waals surface area (Å²) >= 11 is 0. The summed E-state index contributed by atoms with van der Waals surface area (Å²) in [5, 5.41) is 26.4. The summed E-state index contributed by atoms with van der Waals surface area (Å²) in [5.41, 5.74) is 0. The van der Waals surface area contributed by atoms with Gasteiger partial charge in [-0.1, -0.05) is 0 Å². The Bertz CT molecular complexity index is 213. The summed E-state index contributed by atoms with van der Waals surface area (Å²) in [5.74, 6) is -1.71. The number of ether oxygens (including phenoxy) is 2. The maximum Gasteiger partial charge on any atom is 0.163 e. The highest BCUT2D eigenvalue weighted by atomic mass is 16.7. The average molecular weight is 235 g/mol. The van der Waals surface area contributed by atoms with Crippen molar-refractivity contribution in [3.63, 3.8) is 0 Å². The number of carbonyl (C=O) groups excluding carboxylic acids is 1. The third-order valence-electron chi connectivity index (χ3n) is 1.73. The molecule has 0 radical (unpaired) electrons. The first-order valence-corrected chi connectivity index (χ1v) is 5.07. The second-order valence-corrected chi connectivity index (χ2v) is 4.06. The normalized spacial score (nSPS) is 24.4. The molecule has 0 aliphatic carbocycles. The van der Waals surface area contributed by atoms with Gasteiger partial charge in [0.1, 0.15) is 6.10 Å². The Labute approximate surface area is 94.8 Å². The lowest BCUT2D eigenvalue weighted by Gasteiger charge is -2.15. The predicted octanol–water partition coefficient (Wildman–Crippen LogP) is -1.36. The highest BCUT2D eigenvalue weighted by molar-refractivity contribution is 5.64. The van der Waals surface area contributed by atoms with E-state index in [0.29, 0.717) is 6.61 Å². The molecule has 0 spiro atoms. The molecule has 6 heteroatoms. The number of carboxylic acids is 1. The molecule has 1 rings (SSSR count). The zero-order chi connectivity index (χ0) is 12.8. The molecule has 0 aromatic heterocycles. The van der Waals surface area contributed by atoms with Crippen LogP contribution >= 0.6 is 0 Å². The van der Waals surface area contributed by atoms with Crippen LogP contribution in [0, 0.1) is 0 Å². The maximum absolute atomic E-state index is 9.54. The summed E-state index contributed by atoms with van der Waals surface area (Å²) < 4.78 is 10.4. The molecule has 6 nitrogen and oxygen atoms in total. The standard InChI is InChI=1S/C6H12O3.C4H8O3/c1-6(2)8-4-5(3-7)9-6;1-3(5)2-4(6)7/h5,7H,3-4H2,1-2H3;3,5H,2H2,1H3,(H,6,7)/p-1. The molecule has 96 valence electrons. The van der Waals surface area contributed by atoms with Crippen LogP contribution in [-0.2, 0) is 14.3 Å². The number of aliphatic hydroxyl groups is 2. The Morgan fingerprint density at radius 2 is 2.19 bits per heavy atom. The molecule has 2 N–H and O–H groups in total. The highest BCUT2D eigenvalue weighted by Crippen LogP contribution is 2.21. The van der Waals surface area contributed by atoms with Gasteiger partial charge in [0.2, 0.25) is 0 Å². The Morgan fingerprint density at radius 3 is 2.31 bits per heavy atom. The van der Waals surface area contributed by atoms with E-state index in [4.69, 9.17) is 19.7 Å². The van der Waals surface area contributed by atoms with Crippen molar-refractivity contribution in [2.45, 2.75) is 45.2 Å². The van der Waals surface area contributed by atoms with Crippen molar-refractivity contribution in [1.29, 1.82) is 0 Å². The van der Waals surface area contributed by atoms with E-state index in [2.05, 4.69) is 0 Å². The molecule has 0 aromatic carbocycles. The first kappa shape index (κ1) is 15.3. The van der Waals surface area contributed by atoms with E-state index in [1.165, 1.54) is 6.92 Å². The number of rotatable bonds is 3. The number of carboxylic acid groups (broad SMARTS) is 1. The van der Waals surface area contributed by atoms with Crippen molar-refractivity contribution in [3.8, 4) is 0 Å². The zero-order valence-electron chi connectivity index (χ0n) is 9.80. The van der Waals surface area contributed by atoms with E-state index >= 15 is 0 Å². The Morgan fingerprint density at radius 1 is 1.62 bits per heavy atom. The van der Waals surface area contributed by atoms with Crippen molar-refractivity contribution in [2.24, 2.45) is 0 Å². The summed E-state index contributed by atoms with van der Waals surface area (Å²) in [4.78, 5) is 9.54. The third kappa shape index (κ3) is 7.58. The van der Waals surface area contributed by atoms with E-state index in [0.717, 1.165) is 0 Å². The van der Waals surface area contributed by atoms with E-state index in [9.17, 15) is 9.90 Å². The number of aliphatic hydroxyl groups excluding tert-OH is 2. The molecule has 0 amide bonds. The Balaban J connectivity index is 0.000000293. The van der Waals surface area contributed by atoms with Gasteiger partial charge < -0.3 is 29.6 Å². The fraction of sp³-hybridized carbons (Fsp3) is 0.900. The summed E-state index contributed by atoms with van der Waals surface area (Å²) in [7, 11) is 0. The molecule has 2 atom stereocenters. The van der Waals surface area contributed by atoms with Crippen LogP contribution < -0.4 is 5.11 Å². The van der Waals surface area contributed by atoms with E-state index in [1.54, 1.807) is 0 Å². The van der Waals surface area contributed by atoms with Gasteiger partial charge in [0.15, 0.2) is 5.79 Å². The number of hydrogen-bond donors (Lipinski definition) is 2. The van der Waals surface area contributed by atoms with Gasteiger partial charge in [0.25, 0.3) is 0 Å². The summed E-state index contributed by atoms with van der Waals surface area (Å²) in [6, 6.07) is 0. The SMILES string of the molecule is CC(O)CC(=O)[O-].CC1(C)OCC(CO)O1. The van der Waals surface area contributed by atoms with Crippen LogP contribution in [-0.4, -0.2) is 47.4 Å². The van der Waals surface area contributed by atoms with Gasteiger partial charge in [0, 0.05) is 12.4 Å². The van der Waals surface area contributed by atoms with Gasteiger partial charge in [-0.05, 0) is 20.8 Å². The topological polar surface area (TPSA) is 99.1 Å². The molecule has 1 aliphatic rings. The predicted molar refractivity (Wildman–Crippen MR) is 53.3 cm³/mol. The van der Waals surface area contributed by atoms with Crippen molar-refractivity contribution < 1.29 is 29.6 Å². The van der Waals surface area contributed by atoms with Crippen LogP contribution in [0.3, 0.4) is 0 Å². The van der Waals surface area contributed by atoms with Gasteiger partial charge in [-0.25, -0.2) is 0 Å². The van der Waals surface area contributed by atoms with Crippen molar-refractivity contribution in [1.82, 2.24) is 0 Å². The van der Waals surface area contributed by atoms with Gasteiger partial charge >= 0.3 is 0 Å². The van der Waals surface area contributed by atoms with Crippen LogP contribution in [0.15, 0.2) is 0 Å².